The molecule has 0 amide bonds. The van der Waals surface area contributed by atoms with Crippen LogP contribution in [0.4, 0.5) is 14.6 Å². The van der Waals surface area contributed by atoms with Gasteiger partial charge in [-0.3, -0.25) is 4.98 Å². The first kappa shape index (κ1) is 20.7. The predicted octanol–water partition coefficient (Wildman–Crippen LogP) is 5.71. The van der Waals surface area contributed by atoms with E-state index < -0.39 is 11.6 Å². The number of aromatic nitrogens is 3. The van der Waals surface area contributed by atoms with Gasteiger partial charge in [0.2, 0.25) is 0 Å². The molecule has 31 heavy (non-hydrogen) atoms. The first-order chi connectivity index (χ1) is 15.0. The molecule has 2 heterocycles. The van der Waals surface area contributed by atoms with Gasteiger partial charge in [-0.1, -0.05) is 13.8 Å². The summed E-state index contributed by atoms with van der Waals surface area (Å²) in [5.41, 5.74) is 1.96. The highest BCUT2D eigenvalue weighted by Crippen LogP contribution is 2.36. The van der Waals surface area contributed by atoms with Gasteiger partial charge in [0.05, 0.1) is 7.11 Å². The number of benzene rings is 2. The highest BCUT2D eigenvalue weighted by molar-refractivity contribution is 5.98. The second-order valence-corrected chi connectivity index (χ2v) is 7.61. The average Bonchev–Trinajstić information content (AvgIpc) is 2.78. The fourth-order valence-corrected chi connectivity index (χ4v) is 3.29. The van der Waals surface area contributed by atoms with Crippen molar-refractivity contribution >= 4 is 16.7 Å². The van der Waals surface area contributed by atoms with Crippen LogP contribution in [0.2, 0.25) is 0 Å². The number of fused-ring (bicyclic) bond motifs is 1. The third-order valence-electron chi connectivity index (χ3n) is 4.82. The summed E-state index contributed by atoms with van der Waals surface area (Å²) in [6, 6.07) is 10.5. The van der Waals surface area contributed by atoms with E-state index in [4.69, 9.17) is 14.7 Å². The number of hydrogen-bond acceptors (Lipinski definition) is 5. The standard InChI is InChI=1S/C24H22F2N4O/c1-14(2)12-28-24-19-9-16(18-11-17(25)6-7-20(18)26)10-21(31-3)22(19)29-23(30-24)15-5-4-8-27-13-15/h4-11,13-14H,12H2,1-3H3,(H,28,29,30). The molecule has 1 N–H and O–H groups in total. The number of pyridine rings is 1. The number of ether oxygens (including phenoxy) is 1. The van der Waals surface area contributed by atoms with Gasteiger partial charge < -0.3 is 10.1 Å². The Hall–Kier alpha value is -3.61. The number of methoxy groups -OCH3 is 1. The van der Waals surface area contributed by atoms with E-state index in [2.05, 4.69) is 24.1 Å². The monoisotopic (exact) mass is 420 g/mol. The molecular formula is C24H22F2N4O. The minimum Gasteiger partial charge on any atom is -0.494 e. The summed E-state index contributed by atoms with van der Waals surface area (Å²) < 4.78 is 33.9. The van der Waals surface area contributed by atoms with Crippen molar-refractivity contribution in [1.82, 2.24) is 15.0 Å². The average molecular weight is 420 g/mol. The Labute approximate surface area is 179 Å². The molecule has 5 nitrogen and oxygen atoms in total. The van der Waals surface area contributed by atoms with Gasteiger partial charge >= 0.3 is 0 Å². The van der Waals surface area contributed by atoms with Crippen LogP contribution in [-0.4, -0.2) is 28.6 Å². The van der Waals surface area contributed by atoms with E-state index in [1.165, 1.54) is 13.2 Å². The lowest BCUT2D eigenvalue weighted by Crippen LogP contribution is -2.11. The highest BCUT2D eigenvalue weighted by Gasteiger charge is 2.17. The highest BCUT2D eigenvalue weighted by atomic mass is 19.1. The Morgan fingerprint density at radius 2 is 1.87 bits per heavy atom. The van der Waals surface area contributed by atoms with Crippen LogP contribution in [0.15, 0.2) is 54.9 Å². The lowest BCUT2D eigenvalue weighted by Gasteiger charge is -2.16. The van der Waals surface area contributed by atoms with Crippen molar-refractivity contribution in [3.63, 3.8) is 0 Å². The maximum atomic E-state index is 14.5. The van der Waals surface area contributed by atoms with Crippen molar-refractivity contribution in [2.75, 3.05) is 19.0 Å². The molecule has 0 spiro atoms. The van der Waals surface area contributed by atoms with Gasteiger partial charge in [-0.05, 0) is 53.9 Å². The summed E-state index contributed by atoms with van der Waals surface area (Å²) in [4.78, 5) is 13.6. The Bertz CT molecular complexity index is 1230. The number of anilines is 1. The molecule has 0 unspecified atom stereocenters. The second kappa shape index (κ2) is 8.63. The lowest BCUT2D eigenvalue weighted by molar-refractivity contribution is 0.419. The third-order valence-corrected chi connectivity index (χ3v) is 4.82. The van der Waals surface area contributed by atoms with E-state index in [1.54, 1.807) is 24.5 Å². The first-order valence-corrected chi connectivity index (χ1v) is 9.95. The Balaban J connectivity index is 1.97. The molecule has 0 saturated carbocycles. The first-order valence-electron chi connectivity index (χ1n) is 9.95. The maximum Gasteiger partial charge on any atom is 0.163 e. The second-order valence-electron chi connectivity index (χ2n) is 7.61. The SMILES string of the molecule is COc1cc(-c2cc(F)ccc2F)cc2c(NCC(C)C)nc(-c3cccnc3)nc12. The van der Waals surface area contributed by atoms with Crippen LogP contribution in [0.25, 0.3) is 33.4 Å². The molecule has 0 aliphatic rings. The van der Waals surface area contributed by atoms with E-state index in [0.29, 0.717) is 46.3 Å². The number of hydrogen-bond donors (Lipinski definition) is 1. The summed E-state index contributed by atoms with van der Waals surface area (Å²) in [6.07, 6.45) is 3.37. The normalized spacial score (nSPS) is 11.2. The van der Waals surface area contributed by atoms with Crippen molar-refractivity contribution < 1.29 is 13.5 Å². The molecule has 2 aromatic carbocycles. The van der Waals surface area contributed by atoms with E-state index in [-0.39, 0.29) is 5.56 Å². The minimum atomic E-state index is -0.521. The third kappa shape index (κ3) is 4.30. The Morgan fingerprint density at radius 1 is 1.03 bits per heavy atom. The fraction of sp³-hybridized carbons (Fsp3) is 0.208. The summed E-state index contributed by atoms with van der Waals surface area (Å²) in [5, 5.41) is 4.02. The molecule has 0 saturated heterocycles. The molecule has 0 aliphatic carbocycles. The molecule has 0 bridgehead atoms. The van der Waals surface area contributed by atoms with Crippen molar-refractivity contribution in [1.29, 1.82) is 0 Å². The maximum absolute atomic E-state index is 14.5. The van der Waals surface area contributed by atoms with Gasteiger partial charge in [-0.15, -0.1) is 0 Å². The van der Waals surface area contributed by atoms with E-state index in [0.717, 1.165) is 17.7 Å². The molecule has 0 aliphatic heterocycles. The fourth-order valence-electron chi connectivity index (χ4n) is 3.29. The molecule has 7 heteroatoms. The summed E-state index contributed by atoms with van der Waals surface area (Å²) in [5.74, 6) is 0.863. The van der Waals surface area contributed by atoms with Crippen LogP contribution in [0.3, 0.4) is 0 Å². The zero-order chi connectivity index (χ0) is 22.0. The van der Waals surface area contributed by atoms with E-state index in [9.17, 15) is 8.78 Å². The smallest absolute Gasteiger partial charge is 0.163 e. The van der Waals surface area contributed by atoms with Crippen molar-refractivity contribution in [2.24, 2.45) is 5.92 Å². The largest absolute Gasteiger partial charge is 0.494 e. The van der Waals surface area contributed by atoms with Crippen LogP contribution in [-0.2, 0) is 0 Å². The van der Waals surface area contributed by atoms with Gasteiger partial charge in [-0.25, -0.2) is 18.7 Å². The molecule has 158 valence electrons. The molecule has 0 radical (unpaired) electrons. The summed E-state index contributed by atoms with van der Waals surface area (Å²) >= 11 is 0. The summed E-state index contributed by atoms with van der Waals surface area (Å²) in [6.45, 7) is 4.86. The van der Waals surface area contributed by atoms with Crippen molar-refractivity contribution in [3.05, 3.63) is 66.5 Å². The van der Waals surface area contributed by atoms with Gasteiger partial charge in [0.15, 0.2) is 5.82 Å². The lowest BCUT2D eigenvalue weighted by atomic mass is 10.0. The Morgan fingerprint density at radius 3 is 2.58 bits per heavy atom. The minimum absolute atomic E-state index is 0.145. The van der Waals surface area contributed by atoms with Crippen LogP contribution >= 0.6 is 0 Å². The number of halogens is 2. The molecule has 4 aromatic rings. The van der Waals surface area contributed by atoms with Gasteiger partial charge in [0, 0.05) is 35.5 Å². The quantitative estimate of drug-likeness (QED) is 0.433. The molecule has 0 fully saturated rings. The van der Waals surface area contributed by atoms with Gasteiger partial charge in [-0.2, -0.15) is 0 Å². The molecular weight excluding hydrogens is 398 g/mol. The molecule has 0 atom stereocenters. The zero-order valence-corrected chi connectivity index (χ0v) is 17.5. The molecule has 2 aromatic heterocycles. The van der Waals surface area contributed by atoms with E-state index >= 15 is 0 Å². The van der Waals surface area contributed by atoms with Crippen molar-refractivity contribution in [2.45, 2.75) is 13.8 Å². The number of nitrogens with one attached hydrogen (secondary N) is 1. The molecule has 4 rings (SSSR count). The predicted molar refractivity (Wildman–Crippen MR) is 118 cm³/mol. The zero-order valence-electron chi connectivity index (χ0n) is 17.5. The number of rotatable bonds is 6. The Kier molecular flexibility index (Phi) is 5.75. The van der Waals surface area contributed by atoms with Crippen LogP contribution < -0.4 is 10.1 Å². The van der Waals surface area contributed by atoms with Gasteiger partial charge in [0.25, 0.3) is 0 Å². The van der Waals surface area contributed by atoms with Crippen LogP contribution in [0, 0.1) is 17.6 Å². The van der Waals surface area contributed by atoms with E-state index in [1.807, 2.05) is 12.1 Å². The van der Waals surface area contributed by atoms with Crippen LogP contribution in [0.5, 0.6) is 5.75 Å². The van der Waals surface area contributed by atoms with Gasteiger partial charge in [0.1, 0.15) is 28.7 Å². The summed E-state index contributed by atoms with van der Waals surface area (Å²) in [7, 11) is 1.52. The topological polar surface area (TPSA) is 59.9 Å². The van der Waals surface area contributed by atoms with Crippen molar-refractivity contribution in [3.8, 4) is 28.3 Å². The number of nitrogens with zero attached hydrogens (tertiary/aromatic N) is 3. The van der Waals surface area contributed by atoms with Crippen LogP contribution in [0.1, 0.15) is 13.8 Å².